The number of rotatable bonds is 4. The van der Waals surface area contributed by atoms with Crippen molar-refractivity contribution in [2.24, 2.45) is 0 Å². The van der Waals surface area contributed by atoms with Gasteiger partial charge in [0.15, 0.2) is 5.69 Å². The third-order valence-electron chi connectivity index (χ3n) is 3.65. The van der Waals surface area contributed by atoms with Crippen LogP contribution in [0.15, 0.2) is 36.7 Å². The Morgan fingerprint density at radius 3 is 3.00 bits per heavy atom. The number of carbonyl (C=O) groups excluding carboxylic acids is 1. The summed E-state index contributed by atoms with van der Waals surface area (Å²) >= 11 is 0. The summed E-state index contributed by atoms with van der Waals surface area (Å²) in [5.74, 6) is -0.350. The van der Waals surface area contributed by atoms with E-state index in [1.165, 1.54) is 0 Å². The molecule has 0 spiro atoms. The number of hydrogen-bond acceptors (Lipinski definition) is 5. The van der Waals surface area contributed by atoms with Gasteiger partial charge in [-0.15, -0.1) is 5.10 Å². The lowest BCUT2D eigenvalue weighted by Crippen LogP contribution is -2.35. The van der Waals surface area contributed by atoms with Crippen LogP contribution in [0.25, 0.3) is 16.5 Å². The average Bonchev–Trinajstić information content (AvgIpc) is 2.95. The molecule has 7 heteroatoms. The molecular weight excluding hydrogens is 294 g/mol. The van der Waals surface area contributed by atoms with Crippen LogP contribution in [-0.4, -0.2) is 43.6 Å². The lowest BCUT2D eigenvalue weighted by atomic mass is 10.1. The minimum absolute atomic E-state index is 0.130. The van der Waals surface area contributed by atoms with Crippen molar-refractivity contribution < 1.29 is 9.90 Å². The monoisotopic (exact) mass is 311 g/mol. The largest absolute Gasteiger partial charge is 0.394 e. The number of nitrogens with zero attached hydrogens (tertiary/aromatic N) is 4. The van der Waals surface area contributed by atoms with E-state index in [-0.39, 0.29) is 24.2 Å². The topological polar surface area (TPSA) is 92.9 Å². The van der Waals surface area contributed by atoms with Crippen molar-refractivity contribution >= 4 is 16.7 Å². The van der Waals surface area contributed by atoms with Crippen LogP contribution in [0, 0.1) is 6.92 Å². The van der Waals surface area contributed by atoms with Crippen LogP contribution in [0.3, 0.4) is 0 Å². The summed E-state index contributed by atoms with van der Waals surface area (Å²) in [6, 6.07) is 7.36. The van der Waals surface area contributed by atoms with Crippen molar-refractivity contribution in [1.29, 1.82) is 0 Å². The molecule has 0 bridgehead atoms. The van der Waals surface area contributed by atoms with Gasteiger partial charge < -0.3 is 10.4 Å². The molecule has 1 amide bonds. The summed E-state index contributed by atoms with van der Waals surface area (Å²) in [6.07, 6.45) is 3.50. The van der Waals surface area contributed by atoms with E-state index in [2.05, 4.69) is 20.6 Å². The number of hydrogen-bond donors (Lipinski definition) is 2. The third-order valence-corrected chi connectivity index (χ3v) is 3.65. The Morgan fingerprint density at radius 1 is 1.39 bits per heavy atom. The fourth-order valence-electron chi connectivity index (χ4n) is 2.40. The van der Waals surface area contributed by atoms with E-state index in [0.29, 0.717) is 5.69 Å². The van der Waals surface area contributed by atoms with E-state index in [0.717, 1.165) is 16.5 Å². The molecule has 0 aliphatic carbocycles. The summed E-state index contributed by atoms with van der Waals surface area (Å²) in [5.41, 5.74) is 1.72. The molecule has 1 atom stereocenters. The van der Waals surface area contributed by atoms with Crippen LogP contribution in [0.4, 0.5) is 0 Å². The highest BCUT2D eigenvalue weighted by Crippen LogP contribution is 2.22. The molecule has 3 rings (SSSR count). The molecule has 0 aliphatic heterocycles. The van der Waals surface area contributed by atoms with Gasteiger partial charge in [-0.1, -0.05) is 17.3 Å². The number of nitrogens with one attached hydrogen (secondary N) is 1. The molecule has 118 valence electrons. The molecule has 0 saturated carbocycles. The van der Waals surface area contributed by atoms with Crippen molar-refractivity contribution in [2.75, 3.05) is 6.61 Å². The summed E-state index contributed by atoms with van der Waals surface area (Å²) < 4.78 is 1.64. The van der Waals surface area contributed by atoms with Crippen LogP contribution in [0.2, 0.25) is 0 Å². The zero-order valence-corrected chi connectivity index (χ0v) is 12.9. The Morgan fingerprint density at radius 2 is 2.22 bits per heavy atom. The maximum Gasteiger partial charge on any atom is 0.274 e. The number of carbonyl (C=O) groups is 1. The molecule has 2 aromatic heterocycles. The van der Waals surface area contributed by atoms with Crippen LogP contribution in [0.5, 0.6) is 0 Å². The Kier molecular flexibility index (Phi) is 4.03. The lowest BCUT2D eigenvalue weighted by Gasteiger charge is -2.10. The van der Waals surface area contributed by atoms with E-state index in [1.807, 2.05) is 24.3 Å². The Labute approximate surface area is 133 Å². The maximum absolute atomic E-state index is 12.2. The predicted octanol–water partition coefficient (Wildman–Crippen LogP) is 1.23. The molecule has 2 heterocycles. The van der Waals surface area contributed by atoms with Gasteiger partial charge in [-0.05, 0) is 26.0 Å². The van der Waals surface area contributed by atoms with E-state index in [4.69, 9.17) is 5.11 Å². The molecule has 3 aromatic rings. The normalized spacial score (nSPS) is 12.3. The van der Waals surface area contributed by atoms with Crippen LogP contribution in [-0.2, 0) is 0 Å². The van der Waals surface area contributed by atoms with E-state index in [9.17, 15) is 4.79 Å². The Bertz CT molecular complexity index is 853. The summed E-state index contributed by atoms with van der Waals surface area (Å²) in [6.45, 7) is 3.38. The van der Waals surface area contributed by atoms with Gasteiger partial charge in [0.2, 0.25) is 0 Å². The maximum atomic E-state index is 12.2. The molecular formula is C16H17N5O2. The summed E-state index contributed by atoms with van der Waals surface area (Å²) in [4.78, 5) is 16.3. The second-order valence-electron chi connectivity index (χ2n) is 5.37. The second-order valence-corrected chi connectivity index (χ2v) is 5.37. The SMILES string of the molecule is Cc1c(C(=O)NC(C)CO)nnn1-c1cccc2cnccc12. The molecule has 2 N–H and O–H groups in total. The highest BCUT2D eigenvalue weighted by Gasteiger charge is 2.19. The standard InChI is InChI=1S/C16H17N5O2/c1-10(9-22)18-16(23)15-11(2)21(20-19-15)14-5-3-4-12-8-17-7-6-13(12)14/h3-8,10,22H,9H2,1-2H3,(H,18,23). The third kappa shape index (κ3) is 2.78. The lowest BCUT2D eigenvalue weighted by molar-refractivity contribution is 0.0916. The minimum atomic E-state index is -0.350. The second kappa shape index (κ2) is 6.13. The first-order valence-electron chi connectivity index (χ1n) is 7.29. The molecule has 0 aliphatic rings. The number of fused-ring (bicyclic) bond motifs is 1. The van der Waals surface area contributed by atoms with Crippen LogP contribution < -0.4 is 5.32 Å². The molecule has 0 radical (unpaired) electrons. The fourth-order valence-corrected chi connectivity index (χ4v) is 2.40. The highest BCUT2D eigenvalue weighted by molar-refractivity contribution is 5.94. The Hall–Kier alpha value is -2.80. The fraction of sp³-hybridized carbons (Fsp3) is 0.250. The van der Waals surface area contributed by atoms with Crippen molar-refractivity contribution in [1.82, 2.24) is 25.3 Å². The van der Waals surface area contributed by atoms with Gasteiger partial charge in [0.25, 0.3) is 5.91 Å². The zero-order valence-electron chi connectivity index (χ0n) is 12.9. The van der Waals surface area contributed by atoms with Crippen molar-refractivity contribution in [3.8, 4) is 5.69 Å². The van der Waals surface area contributed by atoms with Crippen molar-refractivity contribution in [3.63, 3.8) is 0 Å². The molecule has 1 aromatic carbocycles. The molecule has 7 nitrogen and oxygen atoms in total. The van der Waals surface area contributed by atoms with Crippen molar-refractivity contribution in [3.05, 3.63) is 48.0 Å². The molecule has 0 fully saturated rings. The highest BCUT2D eigenvalue weighted by atomic mass is 16.3. The van der Waals surface area contributed by atoms with Gasteiger partial charge >= 0.3 is 0 Å². The first-order valence-corrected chi connectivity index (χ1v) is 7.29. The van der Waals surface area contributed by atoms with Gasteiger partial charge in [-0.2, -0.15) is 0 Å². The van der Waals surface area contributed by atoms with Gasteiger partial charge in [-0.25, -0.2) is 4.68 Å². The van der Waals surface area contributed by atoms with Crippen molar-refractivity contribution in [2.45, 2.75) is 19.9 Å². The quantitative estimate of drug-likeness (QED) is 0.756. The first kappa shape index (κ1) is 15.1. The van der Waals surface area contributed by atoms with Crippen LogP contribution >= 0.6 is 0 Å². The predicted molar refractivity (Wildman–Crippen MR) is 85.4 cm³/mol. The Balaban J connectivity index is 2.03. The van der Waals surface area contributed by atoms with E-state index < -0.39 is 0 Å². The van der Waals surface area contributed by atoms with Gasteiger partial charge in [-0.3, -0.25) is 9.78 Å². The number of amides is 1. The smallest absolute Gasteiger partial charge is 0.274 e. The number of pyridine rings is 1. The van der Waals surface area contributed by atoms with Gasteiger partial charge in [0, 0.05) is 29.2 Å². The molecule has 1 unspecified atom stereocenters. The molecule has 23 heavy (non-hydrogen) atoms. The summed E-state index contributed by atoms with van der Waals surface area (Å²) in [5, 5.41) is 21.8. The van der Waals surface area contributed by atoms with Crippen LogP contribution in [0.1, 0.15) is 23.1 Å². The molecule has 0 saturated heterocycles. The number of aromatic nitrogens is 4. The number of aliphatic hydroxyl groups excluding tert-OH is 1. The number of aliphatic hydroxyl groups is 1. The van der Waals surface area contributed by atoms with E-state index >= 15 is 0 Å². The zero-order chi connectivity index (χ0) is 16.4. The summed E-state index contributed by atoms with van der Waals surface area (Å²) in [7, 11) is 0. The van der Waals surface area contributed by atoms with Gasteiger partial charge in [0.05, 0.1) is 18.0 Å². The first-order chi connectivity index (χ1) is 11.1. The minimum Gasteiger partial charge on any atom is -0.394 e. The average molecular weight is 311 g/mol. The number of benzene rings is 1. The van der Waals surface area contributed by atoms with E-state index in [1.54, 1.807) is 30.9 Å². The van der Waals surface area contributed by atoms with Gasteiger partial charge in [0.1, 0.15) is 0 Å².